The van der Waals surface area contributed by atoms with Gasteiger partial charge in [-0.05, 0) is 53.0 Å². The zero-order valence-electron chi connectivity index (χ0n) is 28.0. The summed E-state index contributed by atoms with van der Waals surface area (Å²) in [6.07, 6.45) is 2.58. The molecule has 6 rings (SSSR count). The van der Waals surface area contributed by atoms with Crippen molar-refractivity contribution in [1.29, 1.82) is 0 Å². The summed E-state index contributed by atoms with van der Waals surface area (Å²) in [6.45, 7) is 1.57. The number of morpholine rings is 1. The molecule has 0 aromatic heterocycles. The van der Waals surface area contributed by atoms with Gasteiger partial charge < -0.3 is 24.4 Å². The number of carboxylic acids is 1. The van der Waals surface area contributed by atoms with Crippen LogP contribution in [0, 0.1) is 5.92 Å². The first-order chi connectivity index (χ1) is 23.8. The van der Waals surface area contributed by atoms with Gasteiger partial charge in [-0.3, -0.25) is 19.3 Å². The van der Waals surface area contributed by atoms with Gasteiger partial charge in [0.05, 0.1) is 19.6 Å². The predicted octanol–water partition coefficient (Wildman–Crippen LogP) is 5.20. The second kappa shape index (κ2) is 15.7. The number of carbonyl (C=O) groups excluding carboxylic acids is 3. The fraction of sp³-hybridized carbons (Fsp3) is 0.436. The molecule has 258 valence electrons. The van der Waals surface area contributed by atoms with Gasteiger partial charge in [-0.2, -0.15) is 0 Å². The Morgan fingerprint density at radius 2 is 1.47 bits per heavy atom. The minimum atomic E-state index is -1.23. The number of amides is 3. The summed E-state index contributed by atoms with van der Waals surface area (Å²) in [5, 5.41) is 9.99. The van der Waals surface area contributed by atoms with Gasteiger partial charge >= 0.3 is 12.1 Å². The van der Waals surface area contributed by atoms with Gasteiger partial charge in [0.15, 0.2) is 0 Å². The van der Waals surface area contributed by atoms with Crippen molar-refractivity contribution in [2.75, 3.05) is 46.5 Å². The van der Waals surface area contributed by atoms with E-state index in [2.05, 4.69) is 24.3 Å². The van der Waals surface area contributed by atoms with Crippen molar-refractivity contribution in [2.45, 2.75) is 56.5 Å². The maximum Gasteiger partial charge on any atom is 0.410 e. The van der Waals surface area contributed by atoms with E-state index in [0.29, 0.717) is 32.7 Å². The summed E-state index contributed by atoms with van der Waals surface area (Å²) >= 11 is 0. The Morgan fingerprint density at radius 3 is 2.08 bits per heavy atom. The maximum absolute atomic E-state index is 14.9. The van der Waals surface area contributed by atoms with Crippen LogP contribution in [-0.2, 0) is 30.3 Å². The molecular formula is C39H45N3O7. The van der Waals surface area contributed by atoms with Crippen molar-refractivity contribution in [1.82, 2.24) is 14.7 Å². The Hall–Kier alpha value is -4.70. The molecule has 3 amide bonds. The van der Waals surface area contributed by atoms with Crippen LogP contribution >= 0.6 is 0 Å². The largest absolute Gasteiger partial charge is 0.481 e. The molecule has 3 aliphatic rings. The first kappa shape index (κ1) is 34.2. The lowest BCUT2D eigenvalue weighted by atomic mass is 9.94. The molecule has 2 aliphatic carbocycles. The van der Waals surface area contributed by atoms with E-state index in [-0.39, 0.29) is 25.0 Å². The summed E-state index contributed by atoms with van der Waals surface area (Å²) in [4.78, 5) is 59.4. The average Bonchev–Trinajstić information content (AvgIpc) is 3.77. The van der Waals surface area contributed by atoms with E-state index in [1.165, 1.54) is 9.80 Å². The van der Waals surface area contributed by atoms with Gasteiger partial charge in [0.25, 0.3) is 0 Å². The molecule has 3 aromatic rings. The number of rotatable bonds is 12. The molecular weight excluding hydrogens is 622 g/mol. The molecule has 10 nitrogen and oxygen atoms in total. The molecule has 2 atom stereocenters. The predicted molar refractivity (Wildman–Crippen MR) is 184 cm³/mol. The molecule has 1 aliphatic heterocycles. The number of aliphatic carboxylic acids is 1. The van der Waals surface area contributed by atoms with E-state index in [0.717, 1.165) is 53.5 Å². The van der Waals surface area contributed by atoms with Crippen molar-refractivity contribution in [3.8, 4) is 11.1 Å². The number of ether oxygens (including phenoxy) is 2. The third-order valence-electron chi connectivity index (χ3n) is 10.3. The van der Waals surface area contributed by atoms with Gasteiger partial charge in [0.1, 0.15) is 18.7 Å². The second-order valence-corrected chi connectivity index (χ2v) is 13.2. The van der Waals surface area contributed by atoms with E-state index >= 15 is 0 Å². The standard InChI is InChI=1S/C39H45N3O7/c1-40(39(47)49-26-33-31-17-9-7-15-29(31)30-16-8-10-18-32(30)33)36(28-13-5-6-14-28)38(46)42(20-19-27-11-3-2-4-12-27)34(25-35(43)44)37(45)41-21-23-48-24-22-41/h2-4,7-12,15-18,28,33-34,36H,5-6,13-14,19-26H2,1H3,(H,43,44)/t34-,36-/m0/s1. The Labute approximate surface area is 287 Å². The number of hydrogen-bond donors (Lipinski definition) is 1. The minimum Gasteiger partial charge on any atom is -0.481 e. The average molecular weight is 668 g/mol. The van der Waals surface area contributed by atoms with Crippen molar-refractivity contribution in [3.05, 3.63) is 95.6 Å². The van der Waals surface area contributed by atoms with E-state index in [4.69, 9.17) is 9.47 Å². The van der Waals surface area contributed by atoms with Gasteiger partial charge in [0.2, 0.25) is 11.8 Å². The van der Waals surface area contributed by atoms with E-state index in [1.54, 1.807) is 11.9 Å². The summed E-state index contributed by atoms with van der Waals surface area (Å²) in [5.41, 5.74) is 5.38. The lowest BCUT2D eigenvalue weighted by Gasteiger charge is -2.40. The van der Waals surface area contributed by atoms with Gasteiger partial charge in [-0.1, -0.05) is 91.7 Å². The second-order valence-electron chi connectivity index (χ2n) is 13.2. The quantitative estimate of drug-likeness (QED) is 0.282. The highest BCUT2D eigenvalue weighted by Crippen LogP contribution is 2.44. The van der Waals surface area contributed by atoms with Crippen LogP contribution < -0.4 is 0 Å². The van der Waals surface area contributed by atoms with Crippen LogP contribution in [0.4, 0.5) is 4.79 Å². The van der Waals surface area contributed by atoms with Gasteiger partial charge in [-0.15, -0.1) is 0 Å². The molecule has 1 heterocycles. The molecule has 0 bridgehead atoms. The van der Waals surface area contributed by atoms with Crippen molar-refractivity contribution in [2.24, 2.45) is 5.92 Å². The van der Waals surface area contributed by atoms with Crippen LogP contribution in [0.25, 0.3) is 11.1 Å². The van der Waals surface area contributed by atoms with Crippen LogP contribution in [0.2, 0.25) is 0 Å². The lowest BCUT2D eigenvalue weighted by Crippen LogP contribution is -2.60. The number of fused-ring (bicyclic) bond motifs is 3. The highest BCUT2D eigenvalue weighted by atomic mass is 16.6. The van der Waals surface area contributed by atoms with Crippen LogP contribution in [0.5, 0.6) is 0 Å². The Kier molecular flexibility index (Phi) is 10.9. The van der Waals surface area contributed by atoms with Crippen LogP contribution in [0.1, 0.15) is 54.7 Å². The van der Waals surface area contributed by atoms with Crippen LogP contribution in [0.3, 0.4) is 0 Å². The lowest BCUT2D eigenvalue weighted by molar-refractivity contribution is -0.155. The van der Waals surface area contributed by atoms with E-state index < -0.39 is 42.4 Å². The summed E-state index contributed by atoms with van der Waals surface area (Å²) in [7, 11) is 1.59. The van der Waals surface area contributed by atoms with Crippen LogP contribution in [0.15, 0.2) is 78.9 Å². The van der Waals surface area contributed by atoms with Crippen molar-refractivity contribution < 1.29 is 33.8 Å². The highest BCUT2D eigenvalue weighted by molar-refractivity contribution is 5.93. The highest BCUT2D eigenvalue weighted by Gasteiger charge is 2.44. The fourth-order valence-electron chi connectivity index (χ4n) is 7.74. The first-order valence-corrected chi connectivity index (χ1v) is 17.3. The number of likely N-dealkylation sites (N-methyl/N-ethyl adjacent to an activating group) is 1. The molecule has 0 radical (unpaired) electrons. The van der Waals surface area contributed by atoms with E-state index in [1.807, 2.05) is 54.6 Å². The zero-order valence-corrected chi connectivity index (χ0v) is 28.0. The fourth-order valence-corrected chi connectivity index (χ4v) is 7.74. The first-order valence-electron chi connectivity index (χ1n) is 17.3. The number of benzene rings is 3. The SMILES string of the molecule is CN(C(=O)OCC1c2ccccc2-c2ccccc21)[C@H](C(=O)N(CCc1ccccc1)[C@@H](CC(=O)O)C(=O)N1CCOCC1)C1CCCC1. The Morgan fingerprint density at radius 1 is 0.878 bits per heavy atom. The monoisotopic (exact) mass is 667 g/mol. The molecule has 1 saturated carbocycles. The zero-order chi connectivity index (χ0) is 34.3. The molecule has 1 N–H and O–H groups in total. The topological polar surface area (TPSA) is 117 Å². The number of carboxylic acid groups (broad SMARTS) is 1. The molecule has 3 aromatic carbocycles. The normalized spacial score (nSPS) is 17.1. The third-order valence-corrected chi connectivity index (χ3v) is 10.3. The van der Waals surface area contributed by atoms with Gasteiger partial charge in [-0.25, -0.2) is 4.79 Å². The summed E-state index contributed by atoms with van der Waals surface area (Å²) in [5.74, 6) is -2.31. The minimum absolute atomic E-state index is 0.109. The number of nitrogens with zero attached hydrogens (tertiary/aromatic N) is 3. The molecule has 10 heteroatoms. The van der Waals surface area contributed by atoms with E-state index in [9.17, 15) is 24.3 Å². The number of carbonyl (C=O) groups is 4. The molecule has 1 saturated heterocycles. The smallest absolute Gasteiger partial charge is 0.410 e. The number of hydrogen-bond acceptors (Lipinski definition) is 6. The molecule has 0 unspecified atom stereocenters. The van der Waals surface area contributed by atoms with Gasteiger partial charge in [0, 0.05) is 32.6 Å². The Bertz CT molecular complexity index is 1590. The summed E-state index contributed by atoms with van der Waals surface area (Å²) in [6, 6.07) is 23.7. The molecule has 0 spiro atoms. The van der Waals surface area contributed by atoms with Crippen molar-refractivity contribution >= 4 is 23.9 Å². The van der Waals surface area contributed by atoms with Crippen LogP contribution in [-0.4, -0.2) is 102 Å². The van der Waals surface area contributed by atoms with Crippen molar-refractivity contribution in [3.63, 3.8) is 0 Å². The molecule has 49 heavy (non-hydrogen) atoms. The summed E-state index contributed by atoms with van der Waals surface area (Å²) < 4.78 is 11.4. The molecule has 2 fully saturated rings. The maximum atomic E-state index is 14.9. The Balaban J connectivity index is 1.27. The third kappa shape index (κ3) is 7.64.